The van der Waals surface area contributed by atoms with Crippen molar-refractivity contribution in [2.24, 2.45) is 0 Å². The molecule has 9 nitrogen and oxygen atoms in total. The zero-order valence-corrected chi connectivity index (χ0v) is 17.5. The van der Waals surface area contributed by atoms with Crippen LogP contribution in [0.1, 0.15) is 38.8 Å². The number of hydrogen-bond acceptors (Lipinski definition) is 7. The minimum absolute atomic E-state index is 0.448. The number of pyridine rings is 2. The fourth-order valence-corrected chi connectivity index (χ4v) is 3.34. The van der Waals surface area contributed by atoms with E-state index in [1.807, 2.05) is 0 Å². The largest absolute Gasteiger partial charge is 0.467 e. The quantitative estimate of drug-likeness (QED) is 0.736. The van der Waals surface area contributed by atoms with Crippen LogP contribution in [0.5, 0.6) is 0 Å². The fraction of sp³-hybridized carbons (Fsp3) is 0.381. The molecule has 2 aromatic heterocycles. The Kier molecular flexibility index (Phi) is 5.47. The van der Waals surface area contributed by atoms with Crippen molar-refractivity contribution >= 4 is 18.0 Å². The summed E-state index contributed by atoms with van der Waals surface area (Å²) in [4.78, 5) is 46.8. The first-order chi connectivity index (χ1) is 14.1. The second-order valence-electron chi connectivity index (χ2n) is 7.90. The first kappa shape index (κ1) is 21.2. The number of carbonyl (C=O) groups excluding carboxylic acids is 3. The number of ether oxygens (including phenoxy) is 2. The van der Waals surface area contributed by atoms with Gasteiger partial charge in [-0.15, -0.1) is 0 Å². The molecule has 30 heavy (non-hydrogen) atoms. The summed E-state index contributed by atoms with van der Waals surface area (Å²) in [6.45, 7) is 6.65. The third kappa shape index (κ3) is 3.70. The summed E-state index contributed by atoms with van der Waals surface area (Å²) in [5, 5.41) is 5.24. The number of aromatic nitrogens is 2. The van der Waals surface area contributed by atoms with Gasteiger partial charge in [0.15, 0.2) is 5.54 Å². The third-order valence-electron chi connectivity index (χ3n) is 4.58. The van der Waals surface area contributed by atoms with E-state index in [1.54, 1.807) is 57.4 Å². The predicted molar refractivity (Wildman–Crippen MR) is 107 cm³/mol. The van der Waals surface area contributed by atoms with Gasteiger partial charge < -0.3 is 20.1 Å². The first-order valence-corrected chi connectivity index (χ1v) is 9.41. The number of nitrogens with one attached hydrogen (secondary N) is 2. The van der Waals surface area contributed by atoms with Crippen LogP contribution in [-0.4, -0.2) is 46.7 Å². The fourth-order valence-electron chi connectivity index (χ4n) is 3.34. The topological polar surface area (TPSA) is 120 Å². The van der Waals surface area contributed by atoms with Gasteiger partial charge in [0.05, 0.1) is 18.5 Å². The highest BCUT2D eigenvalue weighted by Gasteiger charge is 2.53. The zero-order chi connectivity index (χ0) is 22.1. The van der Waals surface area contributed by atoms with Crippen LogP contribution < -0.4 is 10.6 Å². The maximum Gasteiger partial charge on any atom is 0.408 e. The molecule has 0 unspecified atom stereocenters. The summed E-state index contributed by atoms with van der Waals surface area (Å²) in [6, 6.07) is 5.72. The number of hydrogen-bond donors (Lipinski definition) is 2. The Morgan fingerprint density at radius 3 is 2.03 bits per heavy atom. The van der Waals surface area contributed by atoms with Crippen molar-refractivity contribution in [3.63, 3.8) is 0 Å². The third-order valence-corrected chi connectivity index (χ3v) is 4.58. The van der Waals surface area contributed by atoms with E-state index < -0.39 is 35.2 Å². The number of esters is 1. The van der Waals surface area contributed by atoms with E-state index in [9.17, 15) is 14.4 Å². The Morgan fingerprint density at radius 2 is 1.57 bits per heavy atom. The first-order valence-electron chi connectivity index (χ1n) is 9.41. The molecule has 0 saturated heterocycles. The molecular formula is C21H24N4O5. The van der Waals surface area contributed by atoms with Crippen molar-refractivity contribution in [1.29, 1.82) is 0 Å². The highest BCUT2D eigenvalue weighted by atomic mass is 16.6. The number of fused-ring (bicyclic) bond motifs is 3. The average molecular weight is 412 g/mol. The summed E-state index contributed by atoms with van der Waals surface area (Å²) in [5.74, 6) is -1.29. The Labute approximate surface area is 174 Å². The van der Waals surface area contributed by atoms with Crippen molar-refractivity contribution in [3.8, 4) is 11.4 Å². The van der Waals surface area contributed by atoms with Gasteiger partial charge in [0.25, 0.3) is 0 Å². The number of rotatable bonds is 4. The molecule has 0 aliphatic heterocycles. The van der Waals surface area contributed by atoms with Gasteiger partial charge in [0, 0.05) is 23.5 Å². The lowest BCUT2D eigenvalue weighted by Gasteiger charge is -2.31. The Balaban J connectivity index is 1.97. The van der Waals surface area contributed by atoms with Crippen LogP contribution in [-0.2, 0) is 24.6 Å². The van der Waals surface area contributed by atoms with Crippen LogP contribution in [0.25, 0.3) is 11.4 Å². The monoisotopic (exact) mass is 412 g/mol. The summed E-state index contributed by atoms with van der Waals surface area (Å²) in [6.07, 6.45) is 2.42. The normalized spacial score (nSPS) is 14.7. The molecule has 0 radical (unpaired) electrons. The zero-order valence-electron chi connectivity index (χ0n) is 17.5. The summed E-state index contributed by atoms with van der Waals surface area (Å²) in [7, 11) is 1.24. The molecule has 2 amide bonds. The van der Waals surface area contributed by atoms with Gasteiger partial charge >= 0.3 is 12.1 Å². The standard InChI is InChI=1S/C21H24N4O5/c1-12(24-19(28)30-20(2,3)4)17(26)25-21(18(27)29-5)13-8-6-10-22-15(13)16-14(21)9-7-11-23-16/h6-12H,1-5H3,(H,24,28)(H,25,26)/t12-/m0/s1. The van der Waals surface area contributed by atoms with Crippen molar-refractivity contribution < 1.29 is 23.9 Å². The average Bonchev–Trinajstić information content (AvgIpc) is 2.97. The molecule has 0 fully saturated rings. The number of amides is 2. The number of carbonyl (C=O) groups is 3. The lowest BCUT2D eigenvalue weighted by Crippen LogP contribution is -2.57. The SMILES string of the molecule is COC(=O)C1(NC(=O)[C@H](C)NC(=O)OC(C)(C)C)c2cccnc2-c2ncccc21. The molecule has 0 aromatic carbocycles. The van der Waals surface area contributed by atoms with Gasteiger partial charge in [-0.2, -0.15) is 0 Å². The minimum Gasteiger partial charge on any atom is -0.467 e. The molecule has 1 aliphatic rings. The lowest BCUT2D eigenvalue weighted by molar-refractivity contribution is -0.149. The molecular weight excluding hydrogens is 388 g/mol. The minimum atomic E-state index is -1.64. The molecule has 0 bridgehead atoms. The van der Waals surface area contributed by atoms with Crippen LogP contribution in [0.4, 0.5) is 4.79 Å². The number of alkyl carbamates (subject to hydrolysis) is 1. The van der Waals surface area contributed by atoms with Crippen molar-refractivity contribution in [3.05, 3.63) is 47.8 Å². The van der Waals surface area contributed by atoms with Gasteiger partial charge in [0.2, 0.25) is 5.91 Å². The van der Waals surface area contributed by atoms with Crippen LogP contribution in [0.2, 0.25) is 0 Å². The molecule has 2 N–H and O–H groups in total. The Bertz CT molecular complexity index is 953. The van der Waals surface area contributed by atoms with E-state index in [0.29, 0.717) is 22.5 Å². The van der Waals surface area contributed by atoms with E-state index in [-0.39, 0.29) is 0 Å². The van der Waals surface area contributed by atoms with E-state index >= 15 is 0 Å². The Hall–Kier alpha value is -3.49. The van der Waals surface area contributed by atoms with E-state index in [4.69, 9.17) is 9.47 Å². The van der Waals surface area contributed by atoms with Crippen molar-refractivity contribution in [2.45, 2.75) is 44.9 Å². The van der Waals surface area contributed by atoms with Gasteiger partial charge in [-0.05, 0) is 39.8 Å². The van der Waals surface area contributed by atoms with Crippen LogP contribution in [0, 0.1) is 0 Å². The van der Waals surface area contributed by atoms with E-state index in [0.717, 1.165) is 0 Å². The highest BCUT2D eigenvalue weighted by molar-refractivity contribution is 6.00. The predicted octanol–water partition coefficient (Wildman–Crippen LogP) is 1.90. The molecule has 1 atom stereocenters. The molecule has 2 aromatic rings. The number of nitrogens with zero attached hydrogens (tertiary/aromatic N) is 2. The maximum atomic E-state index is 13.0. The lowest BCUT2D eigenvalue weighted by atomic mass is 9.88. The molecule has 3 rings (SSSR count). The molecule has 2 heterocycles. The molecule has 1 aliphatic carbocycles. The molecule has 158 valence electrons. The smallest absolute Gasteiger partial charge is 0.408 e. The summed E-state index contributed by atoms with van der Waals surface area (Å²) >= 11 is 0. The van der Waals surface area contributed by atoms with Gasteiger partial charge in [-0.3, -0.25) is 14.8 Å². The molecule has 0 saturated carbocycles. The van der Waals surface area contributed by atoms with Gasteiger partial charge in [-0.1, -0.05) is 12.1 Å². The molecule has 9 heteroatoms. The van der Waals surface area contributed by atoms with Gasteiger partial charge in [-0.25, -0.2) is 9.59 Å². The number of methoxy groups -OCH3 is 1. The molecule has 0 spiro atoms. The van der Waals surface area contributed by atoms with Crippen molar-refractivity contribution in [1.82, 2.24) is 20.6 Å². The van der Waals surface area contributed by atoms with Crippen molar-refractivity contribution in [2.75, 3.05) is 7.11 Å². The van der Waals surface area contributed by atoms with Crippen LogP contribution in [0.15, 0.2) is 36.7 Å². The van der Waals surface area contributed by atoms with E-state index in [1.165, 1.54) is 14.0 Å². The Morgan fingerprint density at radius 1 is 1.03 bits per heavy atom. The van der Waals surface area contributed by atoms with Crippen LogP contribution in [0.3, 0.4) is 0 Å². The maximum absolute atomic E-state index is 13.0. The second-order valence-corrected chi connectivity index (χ2v) is 7.90. The summed E-state index contributed by atoms with van der Waals surface area (Å²) < 4.78 is 10.3. The second kappa shape index (κ2) is 7.74. The summed E-state index contributed by atoms with van der Waals surface area (Å²) in [5.41, 5.74) is -0.498. The van der Waals surface area contributed by atoms with Crippen LogP contribution >= 0.6 is 0 Å². The highest BCUT2D eigenvalue weighted by Crippen LogP contribution is 2.45. The van der Waals surface area contributed by atoms with E-state index in [2.05, 4.69) is 20.6 Å². The van der Waals surface area contributed by atoms with Gasteiger partial charge in [0.1, 0.15) is 11.6 Å².